The standard InChI is InChI=1S/C26H22ClN7O4S/c1-39(37,38)23-19(5-6-21(35)22(23)27)33-26(36)31-18-4-2-3-17(13-18)20-15-34-12-11-29-25(34)24(32-20)30-14-16-7-9-28-10-8-16/h2-13,15,35H,14H2,1H3,(H,30,32)(H2,31,33,36). The highest BCUT2D eigenvalue weighted by atomic mass is 35.5. The lowest BCUT2D eigenvalue weighted by atomic mass is 10.1. The number of aromatic nitrogens is 4. The molecule has 5 rings (SSSR count). The van der Waals surface area contributed by atoms with E-state index in [4.69, 9.17) is 16.6 Å². The Hall–Kier alpha value is -4.68. The molecule has 0 saturated heterocycles. The van der Waals surface area contributed by atoms with Crippen LogP contribution < -0.4 is 16.0 Å². The smallest absolute Gasteiger partial charge is 0.323 e. The number of sulfone groups is 1. The van der Waals surface area contributed by atoms with E-state index in [0.29, 0.717) is 29.4 Å². The van der Waals surface area contributed by atoms with E-state index in [1.165, 1.54) is 12.1 Å². The van der Waals surface area contributed by atoms with Gasteiger partial charge in [0, 0.05) is 55.0 Å². The van der Waals surface area contributed by atoms with Crippen LogP contribution in [-0.4, -0.2) is 45.2 Å². The summed E-state index contributed by atoms with van der Waals surface area (Å²) in [5.74, 6) is 0.177. The summed E-state index contributed by atoms with van der Waals surface area (Å²) in [6.45, 7) is 0.528. The van der Waals surface area contributed by atoms with Crippen molar-refractivity contribution in [3.63, 3.8) is 0 Å². The predicted octanol–water partition coefficient (Wildman–Crippen LogP) is 4.81. The van der Waals surface area contributed by atoms with Gasteiger partial charge in [-0.2, -0.15) is 0 Å². The second kappa shape index (κ2) is 10.6. The minimum absolute atomic E-state index is 0.0638. The maximum absolute atomic E-state index is 12.8. The first-order valence-electron chi connectivity index (χ1n) is 11.6. The molecule has 0 bridgehead atoms. The lowest BCUT2D eigenvalue weighted by molar-refractivity contribution is 0.262. The van der Waals surface area contributed by atoms with Crippen LogP contribution in [0.3, 0.4) is 0 Å². The monoisotopic (exact) mass is 563 g/mol. The van der Waals surface area contributed by atoms with Crippen LogP contribution in [0.5, 0.6) is 5.75 Å². The van der Waals surface area contributed by atoms with Gasteiger partial charge in [0.25, 0.3) is 0 Å². The highest BCUT2D eigenvalue weighted by Crippen LogP contribution is 2.36. The molecule has 2 amide bonds. The third-order valence-electron chi connectivity index (χ3n) is 5.70. The number of imidazole rings is 1. The molecule has 0 aliphatic rings. The van der Waals surface area contributed by atoms with Crippen molar-refractivity contribution >= 4 is 50.3 Å². The molecule has 0 radical (unpaired) electrons. The Morgan fingerprint density at radius 2 is 1.87 bits per heavy atom. The van der Waals surface area contributed by atoms with Gasteiger partial charge in [-0.05, 0) is 42.0 Å². The number of hydrogen-bond acceptors (Lipinski definition) is 8. The Morgan fingerprint density at radius 3 is 2.64 bits per heavy atom. The Labute approximate surface area is 228 Å². The molecule has 0 atom stereocenters. The van der Waals surface area contributed by atoms with E-state index in [0.717, 1.165) is 17.4 Å². The molecule has 0 spiro atoms. The number of phenolic OH excluding ortho intramolecular Hbond substituents is 1. The fourth-order valence-corrected chi connectivity index (χ4v) is 5.46. The molecule has 0 aliphatic carbocycles. The number of anilines is 3. The Bertz CT molecular complexity index is 1790. The van der Waals surface area contributed by atoms with E-state index in [2.05, 4.69) is 25.9 Å². The molecule has 11 nitrogen and oxygen atoms in total. The van der Waals surface area contributed by atoms with E-state index in [9.17, 15) is 18.3 Å². The zero-order valence-corrected chi connectivity index (χ0v) is 22.0. The van der Waals surface area contributed by atoms with Crippen molar-refractivity contribution in [1.82, 2.24) is 19.4 Å². The molecule has 4 N–H and O–H groups in total. The van der Waals surface area contributed by atoms with Crippen molar-refractivity contribution in [2.45, 2.75) is 11.4 Å². The van der Waals surface area contributed by atoms with Crippen molar-refractivity contribution < 1.29 is 18.3 Å². The first kappa shape index (κ1) is 25.9. The Kier molecular flexibility index (Phi) is 7.05. The van der Waals surface area contributed by atoms with Gasteiger partial charge >= 0.3 is 6.03 Å². The summed E-state index contributed by atoms with van der Waals surface area (Å²) in [5, 5.41) is 17.9. The van der Waals surface area contributed by atoms with E-state index < -0.39 is 21.6 Å². The summed E-state index contributed by atoms with van der Waals surface area (Å²) in [5.41, 5.74) is 3.43. The van der Waals surface area contributed by atoms with Crippen LogP contribution in [0.25, 0.3) is 16.9 Å². The minimum Gasteiger partial charge on any atom is -0.506 e. The molecular weight excluding hydrogens is 542 g/mol. The van der Waals surface area contributed by atoms with Crippen molar-refractivity contribution in [1.29, 1.82) is 0 Å². The Morgan fingerprint density at radius 1 is 1.08 bits per heavy atom. The first-order valence-corrected chi connectivity index (χ1v) is 13.8. The van der Waals surface area contributed by atoms with Crippen molar-refractivity contribution in [2.24, 2.45) is 0 Å². The highest BCUT2D eigenvalue weighted by Gasteiger charge is 2.22. The number of halogens is 1. The van der Waals surface area contributed by atoms with Crippen LogP contribution in [-0.2, 0) is 16.4 Å². The number of phenols is 1. The number of urea groups is 1. The summed E-state index contributed by atoms with van der Waals surface area (Å²) >= 11 is 6.00. The SMILES string of the molecule is CS(=O)(=O)c1c(NC(=O)Nc2cccc(-c3cn4ccnc4c(NCc4ccncc4)n3)c2)ccc(O)c1Cl. The van der Waals surface area contributed by atoms with E-state index in [-0.39, 0.29) is 15.6 Å². The third kappa shape index (κ3) is 5.76. The first-order chi connectivity index (χ1) is 18.7. The van der Waals surface area contributed by atoms with Crippen LogP contribution in [0.4, 0.5) is 22.0 Å². The molecule has 0 unspecified atom stereocenters. The quantitative estimate of drug-likeness (QED) is 0.206. The van der Waals surface area contributed by atoms with Gasteiger partial charge in [0.1, 0.15) is 15.7 Å². The maximum Gasteiger partial charge on any atom is 0.323 e. The Balaban J connectivity index is 1.39. The number of carbonyl (C=O) groups excluding carboxylic acids is 1. The fraction of sp³-hybridized carbons (Fsp3) is 0.0769. The zero-order valence-electron chi connectivity index (χ0n) is 20.5. The number of amides is 2. The molecular formula is C26H22ClN7O4S. The molecule has 0 aliphatic heterocycles. The second-order valence-corrected chi connectivity index (χ2v) is 10.9. The summed E-state index contributed by atoms with van der Waals surface area (Å²) in [6, 6.07) is 12.6. The summed E-state index contributed by atoms with van der Waals surface area (Å²) in [7, 11) is -3.85. The number of nitrogens with zero attached hydrogens (tertiary/aromatic N) is 4. The van der Waals surface area contributed by atoms with Crippen LogP contribution in [0.15, 0.2) is 84.4 Å². The second-order valence-electron chi connectivity index (χ2n) is 8.55. The molecule has 39 heavy (non-hydrogen) atoms. The fourth-order valence-electron chi connectivity index (χ4n) is 3.92. The van der Waals surface area contributed by atoms with E-state index in [1.54, 1.807) is 36.8 Å². The summed E-state index contributed by atoms with van der Waals surface area (Å²) in [6.07, 6.45) is 9.70. The highest BCUT2D eigenvalue weighted by molar-refractivity contribution is 7.91. The largest absolute Gasteiger partial charge is 0.506 e. The number of rotatable bonds is 7. The van der Waals surface area contributed by atoms with E-state index >= 15 is 0 Å². The van der Waals surface area contributed by atoms with Gasteiger partial charge in [-0.15, -0.1) is 0 Å². The van der Waals surface area contributed by atoms with Gasteiger partial charge in [-0.1, -0.05) is 23.7 Å². The van der Waals surface area contributed by atoms with Gasteiger partial charge in [0.15, 0.2) is 21.3 Å². The molecule has 0 saturated carbocycles. The number of nitrogens with one attached hydrogen (secondary N) is 3. The number of pyridine rings is 1. The molecule has 2 aromatic carbocycles. The number of carbonyl (C=O) groups is 1. The van der Waals surface area contributed by atoms with Crippen LogP contribution in [0.1, 0.15) is 5.56 Å². The van der Waals surface area contributed by atoms with Crippen LogP contribution >= 0.6 is 11.6 Å². The van der Waals surface area contributed by atoms with Crippen LogP contribution in [0, 0.1) is 0 Å². The average Bonchev–Trinajstić information content (AvgIpc) is 3.38. The van der Waals surface area contributed by atoms with Crippen molar-refractivity contribution in [2.75, 3.05) is 22.2 Å². The van der Waals surface area contributed by atoms with Crippen molar-refractivity contribution in [3.05, 3.63) is 90.1 Å². The number of fused-ring (bicyclic) bond motifs is 1. The molecule has 13 heteroatoms. The average molecular weight is 564 g/mol. The molecule has 3 aromatic heterocycles. The number of benzene rings is 2. The maximum atomic E-state index is 12.8. The topological polar surface area (TPSA) is 151 Å². The van der Waals surface area contributed by atoms with Gasteiger partial charge < -0.3 is 25.5 Å². The van der Waals surface area contributed by atoms with Gasteiger partial charge in [-0.25, -0.2) is 23.2 Å². The van der Waals surface area contributed by atoms with Crippen molar-refractivity contribution in [3.8, 4) is 17.0 Å². The lowest BCUT2D eigenvalue weighted by Crippen LogP contribution is -2.21. The van der Waals surface area contributed by atoms with Gasteiger partial charge in [0.05, 0.1) is 11.4 Å². The van der Waals surface area contributed by atoms with Crippen LogP contribution in [0.2, 0.25) is 5.02 Å². The lowest BCUT2D eigenvalue weighted by Gasteiger charge is -2.14. The molecule has 198 valence electrons. The summed E-state index contributed by atoms with van der Waals surface area (Å²) in [4.78, 5) is 25.6. The summed E-state index contributed by atoms with van der Waals surface area (Å²) < 4.78 is 26.3. The van der Waals surface area contributed by atoms with Gasteiger partial charge in [-0.3, -0.25) is 4.98 Å². The van der Waals surface area contributed by atoms with E-state index in [1.807, 2.05) is 35.0 Å². The minimum atomic E-state index is -3.85. The predicted molar refractivity (Wildman–Crippen MR) is 149 cm³/mol. The zero-order chi connectivity index (χ0) is 27.6. The third-order valence-corrected chi connectivity index (χ3v) is 7.36. The molecule has 5 aromatic rings. The molecule has 0 fully saturated rings. The molecule has 3 heterocycles. The number of hydrogen-bond donors (Lipinski definition) is 4. The normalized spacial score (nSPS) is 11.3. The van der Waals surface area contributed by atoms with Gasteiger partial charge in [0.2, 0.25) is 0 Å². The number of aromatic hydroxyl groups is 1.